The van der Waals surface area contributed by atoms with Gasteiger partial charge in [-0.25, -0.2) is 0 Å². The van der Waals surface area contributed by atoms with Gasteiger partial charge in [-0.2, -0.15) is 0 Å². The topological polar surface area (TPSA) is 20.2 Å². The molecule has 0 aromatic heterocycles. The quantitative estimate of drug-likeness (QED) is 0.173. The number of aliphatic hydroxyl groups excluding tert-OH is 1. The summed E-state index contributed by atoms with van der Waals surface area (Å²) in [5.74, 6) is 0. The van der Waals surface area contributed by atoms with Crippen LogP contribution in [0.4, 0.5) is 0 Å². The molecule has 148 valence electrons. The van der Waals surface area contributed by atoms with E-state index in [1.807, 2.05) is 0 Å². The highest BCUT2D eigenvalue weighted by Gasteiger charge is 1.93. The Bertz CT molecular complexity index is 280. The molecule has 0 atom stereocenters. The number of allylic oxidation sites excluding steroid dienone is 4. The molecule has 0 rings (SSSR count). The van der Waals surface area contributed by atoms with Crippen LogP contribution in [-0.4, -0.2) is 11.7 Å². The van der Waals surface area contributed by atoms with Gasteiger partial charge in [-0.1, -0.05) is 108 Å². The Morgan fingerprint density at radius 2 is 0.880 bits per heavy atom. The number of rotatable bonds is 20. The normalized spacial score (nSPS) is 11.9. The van der Waals surface area contributed by atoms with E-state index in [0.29, 0.717) is 6.61 Å². The highest BCUT2D eigenvalue weighted by molar-refractivity contribution is 4.92. The zero-order valence-electron chi connectivity index (χ0n) is 17.2. The fraction of sp³-hybridized carbons (Fsp3) is 0.833. The number of unbranched alkanes of at least 4 members (excludes halogenated alkanes) is 15. The van der Waals surface area contributed by atoms with Gasteiger partial charge in [0.15, 0.2) is 0 Å². The molecule has 0 saturated carbocycles. The zero-order valence-corrected chi connectivity index (χ0v) is 17.2. The van der Waals surface area contributed by atoms with Crippen LogP contribution in [-0.2, 0) is 0 Å². The van der Waals surface area contributed by atoms with Gasteiger partial charge >= 0.3 is 0 Å². The van der Waals surface area contributed by atoms with Crippen molar-refractivity contribution in [2.45, 2.75) is 122 Å². The predicted octanol–water partition coefficient (Wildman–Crippen LogP) is 8.13. The Morgan fingerprint density at radius 1 is 0.480 bits per heavy atom. The van der Waals surface area contributed by atoms with Crippen LogP contribution in [0, 0.1) is 0 Å². The molecule has 0 radical (unpaired) electrons. The molecule has 0 fully saturated rings. The summed E-state index contributed by atoms with van der Waals surface area (Å²) in [7, 11) is 0. The molecule has 0 spiro atoms. The lowest BCUT2D eigenvalue weighted by atomic mass is 10.0. The molecular formula is C24H46O. The summed E-state index contributed by atoms with van der Waals surface area (Å²) in [6.07, 6.45) is 33.2. The fourth-order valence-electron chi connectivity index (χ4n) is 3.16. The summed E-state index contributed by atoms with van der Waals surface area (Å²) in [5, 5.41) is 8.72. The van der Waals surface area contributed by atoms with Crippen molar-refractivity contribution in [2.24, 2.45) is 0 Å². The second-order valence-corrected chi connectivity index (χ2v) is 7.43. The Labute approximate surface area is 159 Å². The van der Waals surface area contributed by atoms with Crippen LogP contribution in [0.3, 0.4) is 0 Å². The minimum absolute atomic E-state index is 0.367. The summed E-state index contributed by atoms with van der Waals surface area (Å²) in [6, 6.07) is 0. The zero-order chi connectivity index (χ0) is 18.3. The lowest BCUT2D eigenvalue weighted by molar-refractivity contribution is 0.282. The van der Waals surface area contributed by atoms with E-state index in [2.05, 4.69) is 31.2 Å². The predicted molar refractivity (Wildman–Crippen MR) is 114 cm³/mol. The Hall–Kier alpha value is -0.560. The summed E-state index contributed by atoms with van der Waals surface area (Å²) >= 11 is 0. The van der Waals surface area contributed by atoms with Crippen LogP contribution in [0.25, 0.3) is 0 Å². The molecule has 0 aromatic rings. The van der Waals surface area contributed by atoms with Crippen molar-refractivity contribution in [2.75, 3.05) is 6.61 Å². The Morgan fingerprint density at radius 3 is 1.32 bits per heavy atom. The van der Waals surface area contributed by atoms with Crippen molar-refractivity contribution >= 4 is 0 Å². The number of hydrogen-bond donors (Lipinski definition) is 1. The van der Waals surface area contributed by atoms with Gasteiger partial charge in [0.1, 0.15) is 0 Å². The van der Waals surface area contributed by atoms with Gasteiger partial charge in [-0.15, -0.1) is 0 Å². The van der Waals surface area contributed by atoms with E-state index in [4.69, 9.17) is 5.11 Å². The number of aliphatic hydroxyl groups is 1. The van der Waals surface area contributed by atoms with Crippen LogP contribution < -0.4 is 0 Å². The molecular weight excluding hydrogens is 304 g/mol. The third-order valence-corrected chi connectivity index (χ3v) is 4.86. The van der Waals surface area contributed by atoms with Crippen molar-refractivity contribution in [3.05, 3.63) is 24.3 Å². The highest BCUT2D eigenvalue weighted by atomic mass is 16.2. The Kier molecular flexibility index (Phi) is 22.9. The maximum atomic E-state index is 8.72. The van der Waals surface area contributed by atoms with E-state index in [1.165, 1.54) is 103 Å². The van der Waals surface area contributed by atoms with Crippen molar-refractivity contribution in [1.82, 2.24) is 0 Å². The standard InChI is InChI=1S/C24H46O/c1-2-3-4-5-6-7-8-9-10-11-12-13-14-15-16-17-18-19-20-21-22-23-24-25/h6-7,9-10,25H,2-5,8,11-24H2,1H3/b7-6-,10-9-. The highest BCUT2D eigenvalue weighted by Crippen LogP contribution is 2.12. The molecule has 0 aromatic carbocycles. The second kappa shape index (κ2) is 23.4. The molecule has 0 aliphatic rings. The SMILES string of the molecule is CCCCC/C=C\C/C=C\CCCCCCCCCCCCCCO. The van der Waals surface area contributed by atoms with Crippen molar-refractivity contribution < 1.29 is 5.11 Å². The average molecular weight is 351 g/mol. The van der Waals surface area contributed by atoms with Crippen LogP contribution in [0.15, 0.2) is 24.3 Å². The fourth-order valence-corrected chi connectivity index (χ4v) is 3.16. The first-order chi connectivity index (χ1) is 12.4. The molecule has 0 bridgehead atoms. The van der Waals surface area contributed by atoms with Gasteiger partial charge < -0.3 is 5.11 Å². The molecule has 1 nitrogen and oxygen atoms in total. The summed E-state index contributed by atoms with van der Waals surface area (Å²) < 4.78 is 0. The molecule has 0 saturated heterocycles. The van der Waals surface area contributed by atoms with E-state index in [0.717, 1.165) is 12.8 Å². The van der Waals surface area contributed by atoms with Gasteiger partial charge in [0, 0.05) is 6.61 Å². The molecule has 0 amide bonds. The first-order valence-electron chi connectivity index (χ1n) is 11.3. The summed E-state index contributed by atoms with van der Waals surface area (Å²) in [6.45, 7) is 2.63. The van der Waals surface area contributed by atoms with Crippen LogP contribution in [0.2, 0.25) is 0 Å². The smallest absolute Gasteiger partial charge is 0.0431 e. The van der Waals surface area contributed by atoms with Gasteiger partial charge in [0.2, 0.25) is 0 Å². The average Bonchev–Trinajstić information content (AvgIpc) is 2.63. The van der Waals surface area contributed by atoms with E-state index in [9.17, 15) is 0 Å². The van der Waals surface area contributed by atoms with Gasteiger partial charge in [0.25, 0.3) is 0 Å². The van der Waals surface area contributed by atoms with Crippen LogP contribution in [0.1, 0.15) is 122 Å². The van der Waals surface area contributed by atoms with E-state index >= 15 is 0 Å². The maximum absolute atomic E-state index is 8.72. The van der Waals surface area contributed by atoms with Crippen molar-refractivity contribution in [3.8, 4) is 0 Å². The summed E-state index contributed by atoms with van der Waals surface area (Å²) in [4.78, 5) is 0. The van der Waals surface area contributed by atoms with Crippen molar-refractivity contribution in [3.63, 3.8) is 0 Å². The van der Waals surface area contributed by atoms with Crippen molar-refractivity contribution in [1.29, 1.82) is 0 Å². The first-order valence-corrected chi connectivity index (χ1v) is 11.3. The second-order valence-electron chi connectivity index (χ2n) is 7.43. The minimum atomic E-state index is 0.367. The third-order valence-electron chi connectivity index (χ3n) is 4.86. The van der Waals surface area contributed by atoms with Gasteiger partial charge in [-0.3, -0.25) is 0 Å². The molecule has 1 heteroatoms. The monoisotopic (exact) mass is 350 g/mol. The van der Waals surface area contributed by atoms with Gasteiger partial charge in [-0.05, 0) is 38.5 Å². The minimum Gasteiger partial charge on any atom is -0.396 e. The third kappa shape index (κ3) is 23.4. The van der Waals surface area contributed by atoms with Crippen LogP contribution in [0.5, 0.6) is 0 Å². The molecule has 1 N–H and O–H groups in total. The number of hydrogen-bond acceptors (Lipinski definition) is 1. The van der Waals surface area contributed by atoms with E-state index in [1.54, 1.807) is 0 Å². The van der Waals surface area contributed by atoms with E-state index in [-0.39, 0.29) is 0 Å². The molecule has 0 aliphatic carbocycles. The lowest BCUT2D eigenvalue weighted by Crippen LogP contribution is -1.84. The Balaban J connectivity index is 3.10. The molecule has 0 heterocycles. The summed E-state index contributed by atoms with van der Waals surface area (Å²) in [5.41, 5.74) is 0. The first kappa shape index (κ1) is 24.4. The largest absolute Gasteiger partial charge is 0.396 e. The molecule has 0 unspecified atom stereocenters. The van der Waals surface area contributed by atoms with Gasteiger partial charge in [0.05, 0.1) is 0 Å². The van der Waals surface area contributed by atoms with Crippen LogP contribution >= 0.6 is 0 Å². The maximum Gasteiger partial charge on any atom is 0.0431 e. The lowest BCUT2D eigenvalue weighted by Gasteiger charge is -2.02. The molecule has 0 aliphatic heterocycles. The molecule has 25 heavy (non-hydrogen) atoms. The van der Waals surface area contributed by atoms with E-state index < -0.39 is 0 Å².